The van der Waals surface area contributed by atoms with Gasteiger partial charge in [-0.1, -0.05) is 18.6 Å². The van der Waals surface area contributed by atoms with E-state index in [9.17, 15) is 4.79 Å². The fourth-order valence-electron chi connectivity index (χ4n) is 4.00. The average Bonchev–Trinajstić information content (AvgIpc) is 3.24. The molecule has 4 nitrogen and oxygen atoms in total. The van der Waals surface area contributed by atoms with Gasteiger partial charge in [0.25, 0.3) is 0 Å². The second kappa shape index (κ2) is 5.54. The lowest BCUT2D eigenvalue weighted by Gasteiger charge is -2.21. The Balaban J connectivity index is 1.57. The molecule has 5 heteroatoms. The van der Waals surface area contributed by atoms with Crippen molar-refractivity contribution in [1.82, 2.24) is 9.78 Å². The Kier molecular flexibility index (Phi) is 3.53. The van der Waals surface area contributed by atoms with E-state index in [1.807, 2.05) is 30.5 Å². The van der Waals surface area contributed by atoms with E-state index in [0.29, 0.717) is 5.92 Å². The van der Waals surface area contributed by atoms with Gasteiger partial charge in [0.05, 0.1) is 22.0 Å². The fourth-order valence-corrected chi connectivity index (χ4v) is 4.29. The summed E-state index contributed by atoms with van der Waals surface area (Å²) in [7, 11) is 0. The number of nitrogens with one attached hydrogen (secondary N) is 1. The van der Waals surface area contributed by atoms with Crippen molar-refractivity contribution in [3.63, 3.8) is 0 Å². The van der Waals surface area contributed by atoms with E-state index in [1.165, 1.54) is 19.3 Å². The van der Waals surface area contributed by atoms with Crippen molar-refractivity contribution in [3.8, 4) is 5.69 Å². The molecule has 0 saturated heterocycles. The molecule has 114 valence electrons. The van der Waals surface area contributed by atoms with Gasteiger partial charge in [0, 0.05) is 12.1 Å². The Bertz CT molecular complexity index is 711. The summed E-state index contributed by atoms with van der Waals surface area (Å²) in [5, 5.41) is 7.44. The number of benzene rings is 1. The summed E-state index contributed by atoms with van der Waals surface area (Å²) in [5.41, 5.74) is 1.72. The van der Waals surface area contributed by atoms with Crippen LogP contribution in [0.5, 0.6) is 0 Å². The number of amides is 1. The van der Waals surface area contributed by atoms with Crippen LogP contribution >= 0.6 is 15.9 Å². The van der Waals surface area contributed by atoms with E-state index < -0.39 is 0 Å². The molecule has 4 rings (SSSR count). The fraction of sp³-hybridized carbons (Fsp3) is 0.412. The van der Waals surface area contributed by atoms with Gasteiger partial charge in [0.2, 0.25) is 5.91 Å². The largest absolute Gasteiger partial charge is 0.324 e. The Morgan fingerprint density at radius 2 is 2.14 bits per heavy atom. The molecule has 1 N–H and O–H groups in total. The van der Waals surface area contributed by atoms with Crippen LogP contribution in [0.4, 0.5) is 5.69 Å². The number of fused-ring (bicyclic) bond motifs is 2. The maximum absolute atomic E-state index is 12.6. The maximum Gasteiger partial charge on any atom is 0.227 e. The van der Waals surface area contributed by atoms with Gasteiger partial charge >= 0.3 is 0 Å². The number of carbonyl (C=O) groups is 1. The Labute approximate surface area is 138 Å². The van der Waals surface area contributed by atoms with E-state index in [0.717, 1.165) is 28.2 Å². The number of para-hydroxylation sites is 2. The van der Waals surface area contributed by atoms with E-state index in [1.54, 1.807) is 10.9 Å². The summed E-state index contributed by atoms with van der Waals surface area (Å²) < 4.78 is 2.70. The molecule has 0 radical (unpaired) electrons. The molecule has 2 aliphatic carbocycles. The molecule has 3 unspecified atom stereocenters. The highest BCUT2D eigenvalue weighted by Gasteiger charge is 2.43. The van der Waals surface area contributed by atoms with Gasteiger partial charge in [-0.05, 0) is 59.2 Å². The van der Waals surface area contributed by atoms with Crippen LogP contribution in [0.25, 0.3) is 5.69 Å². The Hall–Kier alpha value is -1.62. The molecule has 2 bridgehead atoms. The first-order valence-electron chi connectivity index (χ1n) is 7.81. The SMILES string of the molecule is O=C(Nc1ccccc1-n1cc(Br)cn1)C1CC2CCC1C2. The van der Waals surface area contributed by atoms with Crippen LogP contribution in [-0.4, -0.2) is 15.7 Å². The van der Waals surface area contributed by atoms with Crippen LogP contribution in [0.3, 0.4) is 0 Å². The Morgan fingerprint density at radius 1 is 1.27 bits per heavy atom. The second-order valence-corrected chi connectivity index (χ2v) is 7.31. The van der Waals surface area contributed by atoms with Crippen molar-refractivity contribution >= 4 is 27.5 Å². The van der Waals surface area contributed by atoms with Gasteiger partial charge < -0.3 is 5.32 Å². The summed E-state index contributed by atoms with van der Waals surface area (Å²) in [6.07, 6.45) is 8.47. The predicted octanol–water partition coefficient (Wildman–Crippen LogP) is 4.01. The van der Waals surface area contributed by atoms with Crippen LogP contribution in [0.15, 0.2) is 41.1 Å². The summed E-state index contributed by atoms with van der Waals surface area (Å²) in [6, 6.07) is 7.81. The van der Waals surface area contributed by atoms with Gasteiger partial charge in [-0.3, -0.25) is 4.79 Å². The van der Waals surface area contributed by atoms with Crippen LogP contribution in [-0.2, 0) is 4.79 Å². The molecule has 3 atom stereocenters. The van der Waals surface area contributed by atoms with Crippen molar-refractivity contribution in [2.75, 3.05) is 5.32 Å². The summed E-state index contributed by atoms with van der Waals surface area (Å²) >= 11 is 3.41. The third-order valence-corrected chi connectivity index (χ3v) is 5.44. The number of nitrogens with zero attached hydrogens (tertiary/aromatic N) is 2. The third-order valence-electron chi connectivity index (χ3n) is 5.03. The van der Waals surface area contributed by atoms with Crippen molar-refractivity contribution in [3.05, 3.63) is 41.1 Å². The number of hydrogen-bond acceptors (Lipinski definition) is 2. The standard InChI is InChI=1S/C17H18BrN3O/c18-13-9-19-21(10-13)16-4-2-1-3-15(16)20-17(22)14-8-11-5-6-12(14)7-11/h1-4,9-12,14H,5-8H2,(H,20,22). The van der Waals surface area contributed by atoms with Crippen LogP contribution < -0.4 is 5.32 Å². The molecule has 1 aromatic heterocycles. The average molecular weight is 360 g/mol. The normalized spacial score (nSPS) is 26.3. The number of anilines is 1. The smallest absolute Gasteiger partial charge is 0.227 e. The molecule has 0 aliphatic heterocycles. The van der Waals surface area contributed by atoms with Gasteiger partial charge in [0.1, 0.15) is 0 Å². The van der Waals surface area contributed by atoms with Gasteiger partial charge in [-0.15, -0.1) is 0 Å². The van der Waals surface area contributed by atoms with E-state index in [4.69, 9.17) is 0 Å². The third kappa shape index (κ3) is 2.47. The summed E-state index contributed by atoms with van der Waals surface area (Å²) in [5.74, 6) is 1.73. The molecule has 2 aromatic rings. The van der Waals surface area contributed by atoms with Crippen molar-refractivity contribution in [2.24, 2.45) is 17.8 Å². The number of hydrogen-bond donors (Lipinski definition) is 1. The number of halogens is 1. The molecular weight excluding hydrogens is 342 g/mol. The van der Waals surface area contributed by atoms with E-state index >= 15 is 0 Å². The molecule has 2 saturated carbocycles. The topological polar surface area (TPSA) is 46.9 Å². The lowest BCUT2D eigenvalue weighted by molar-refractivity contribution is -0.121. The highest BCUT2D eigenvalue weighted by molar-refractivity contribution is 9.10. The zero-order valence-electron chi connectivity index (χ0n) is 12.2. The first-order valence-corrected chi connectivity index (χ1v) is 8.60. The molecule has 2 aliphatic rings. The number of aromatic nitrogens is 2. The predicted molar refractivity (Wildman–Crippen MR) is 88.8 cm³/mol. The highest BCUT2D eigenvalue weighted by atomic mass is 79.9. The quantitative estimate of drug-likeness (QED) is 0.899. The first-order chi connectivity index (χ1) is 10.7. The molecule has 1 heterocycles. The summed E-state index contributed by atoms with van der Waals surface area (Å²) in [4.78, 5) is 12.6. The first kappa shape index (κ1) is 14.0. The molecule has 22 heavy (non-hydrogen) atoms. The zero-order valence-corrected chi connectivity index (χ0v) is 13.8. The van der Waals surface area contributed by atoms with Gasteiger partial charge in [-0.2, -0.15) is 5.10 Å². The van der Waals surface area contributed by atoms with Crippen LogP contribution in [0.2, 0.25) is 0 Å². The summed E-state index contributed by atoms with van der Waals surface area (Å²) in [6.45, 7) is 0. The molecule has 2 fully saturated rings. The van der Waals surface area contributed by atoms with Crippen LogP contribution in [0.1, 0.15) is 25.7 Å². The second-order valence-electron chi connectivity index (χ2n) is 6.39. The van der Waals surface area contributed by atoms with E-state index in [-0.39, 0.29) is 11.8 Å². The molecule has 1 amide bonds. The van der Waals surface area contributed by atoms with Gasteiger partial charge in [0.15, 0.2) is 0 Å². The van der Waals surface area contributed by atoms with Crippen LogP contribution in [0, 0.1) is 17.8 Å². The lowest BCUT2D eigenvalue weighted by Crippen LogP contribution is -2.27. The van der Waals surface area contributed by atoms with E-state index in [2.05, 4.69) is 26.3 Å². The van der Waals surface area contributed by atoms with Crippen molar-refractivity contribution in [2.45, 2.75) is 25.7 Å². The monoisotopic (exact) mass is 359 g/mol. The number of rotatable bonds is 3. The lowest BCUT2D eigenvalue weighted by atomic mass is 9.88. The minimum atomic E-state index is 0.172. The maximum atomic E-state index is 12.6. The Morgan fingerprint density at radius 3 is 2.82 bits per heavy atom. The highest BCUT2D eigenvalue weighted by Crippen LogP contribution is 2.48. The molecule has 1 aromatic carbocycles. The minimum absolute atomic E-state index is 0.172. The zero-order chi connectivity index (χ0) is 15.1. The molecular formula is C17H18BrN3O. The minimum Gasteiger partial charge on any atom is -0.324 e. The van der Waals surface area contributed by atoms with Crippen molar-refractivity contribution in [1.29, 1.82) is 0 Å². The van der Waals surface area contributed by atoms with Crippen molar-refractivity contribution < 1.29 is 4.79 Å². The number of carbonyl (C=O) groups excluding carboxylic acids is 1. The molecule has 0 spiro atoms. The van der Waals surface area contributed by atoms with Gasteiger partial charge in [-0.25, -0.2) is 4.68 Å².